The van der Waals surface area contributed by atoms with E-state index < -0.39 is 12.3 Å². The van der Waals surface area contributed by atoms with Crippen LogP contribution in [0.2, 0.25) is 10.0 Å². The third-order valence-corrected chi connectivity index (χ3v) is 4.09. The SMILES string of the molecule is O=C(Nc1ccnc(NC(O)Nc2cccnc2)c1)c1c(Cl)cccc1Cl. The number of rotatable bonds is 6. The van der Waals surface area contributed by atoms with Crippen LogP contribution in [0.25, 0.3) is 0 Å². The van der Waals surface area contributed by atoms with Crippen LogP contribution in [0.4, 0.5) is 17.2 Å². The maximum Gasteiger partial charge on any atom is 0.258 e. The van der Waals surface area contributed by atoms with Crippen LogP contribution in [0.3, 0.4) is 0 Å². The smallest absolute Gasteiger partial charge is 0.258 e. The fraction of sp³-hybridized carbons (Fsp3) is 0.0556. The van der Waals surface area contributed by atoms with Crippen molar-refractivity contribution in [1.29, 1.82) is 0 Å². The van der Waals surface area contributed by atoms with E-state index >= 15 is 0 Å². The van der Waals surface area contributed by atoms with Gasteiger partial charge in [-0.15, -0.1) is 0 Å². The highest BCUT2D eigenvalue weighted by Gasteiger charge is 2.15. The number of hydrogen-bond acceptors (Lipinski definition) is 6. The van der Waals surface area contributed by atoms with Crippen molar-refractivity contribution in [3.05, 3.63) is 76.7 Å². The minimum absolute atomic E-state index is 0.186. The maximum absolute atomic E-state index is 12.4. The second-order valence-corrected chi connectivity index (χ2v) is 6.23. The molecule has 9 heteroatoms. The summed E-state index contributed by atoms with van der Waals surface area (Å²) in [6.07, 6.45) is 3.58. The maximum atomic E-state index is 12.4. The Morgan fingerprint density at radius 1 is 1.00 bits per heavy atom. The Labute approximate surface area is 165 Å². The number of carbonyl (C=O) groups excluding carboxylic acids is 1. The molecule has 1 atom stereocenters. The predicted octanol–water partition coefficient (Wildman–Crippen LogP) is 3.84. The van der Waals surface area contributed by atoms with Crippen LogP contribution < -0.4 is 16.0 Å². The monoisotopic (exact) mass is 403 g/mol. The van der Waals surface area contributed by atoms with Crippen molar-refractivity contribution >= 4 is 46.3 Å². The summed E-state index contributed by atoms with van der Waals surface area (Å²) in [6, 6.07) is 11.5. The van der Waals surface area contributed by atoms with Crippen LogP contribution in [0.1, 0.15) is 10.4 Å². The van der Waals surface area contributed by atoms with Gasteiger partial charge in [0.15, 0.2) is 0 Å². The fourth-order valence-electron chi connectivity index (χ4n) is 2.28. The van der Waals surface area contributed by atoms with E-state index in [0.717, 1.165) is 0 Å². The molecule has 0 aliphatic rings. The Balaban J connectivity index is 1.67. The number of carbonyl (C=O) groups is 1. The van der Waals surface area contributed by atoms with Gasteiger partial charge < -0.3 is 21.1 Å². The van der Waals surface area contributed by atoms with Gasteiger partial charge in [-0.25, -0.2) is 4.98 Å². The number of hydrogen-bond donors (Lipinski definition) is 4. The number of nitrogens with zero attached hydrogens (tertiary/aromatic N) is 2. The Morgan fingerprint density at radius 2 is 1.78 bits per heavy atom. The van der Waals surface area contributed by atoms with E-state index in [2.05, 4.69) is 25.9 Å². The summed E-state index contributed by atoms with van der Waals surface area (Å²) in [5.74, 6) is -0.0984. The lowest BCUT2D eigenvalue weighted by Crippen LogP contribution is -2.28. The van der Waals surface area contributed by atoms with Crippen LogP contribution in [-0.4, -0.2) is 27.3 Å². The molecule has 3 aromatic rings. The van der Waals surface area contributed by atoms with Crippen LogP contribution in [0.5, 0.6) is 0 Å². The number of benzene rings is 1. The van der Waals surface area contributed by atoms with Crippen LogP contribution >= 0.6 is 23.2 Å². The van der Waals surface area contributed by atoms with Gasteiger partial charge in [0.2, 0.25) is 6.35 Å². The van der Waals surface area contributed by atoms with Gasteiger partial charge in [0.25, 0.3) is 5.91 Å². The number of aliphatic hydroxyl groups is 1. The zero-order valence-electron chi connectivity index (χ0n) is 13.9. The average molecular weight is 404 g/mol. The van der Waals surface area contributed by atoms with E-state index in [0.29, 0.717) is 17.2 Å². The minimum Gasteiger partial charge on any atom is -0.357 e. The van der Waals surface area contributed by atoms with Crippen molar-refractivity contribution in [1.82, 2.24) is 9.97 Å². The molecule has 0 fully saturated rings. The molecular formula is C18H15Cl2N5O2. The lowest BCUT2D eigenvalue weighted by Gasteiger charge is -2.16. The quantitative estimate of drug-likeness (QED) is 0.466. The highest BCUT2D eigenvalue weighted by molar-refractivity contribution is 6.40. The summed E-state index contributed by atoms with van der Waals surface area (Å²) in [5, 5.41) is 18.9. The van der Waals surface area contributed by atoms with Gasteiger partial charge in [-0.3, -0.25) is 9.78 Å². The van der Waals surface area contributed by atoms with Crippen LogP contribution in [-0.2, 0) is 0 Å². The first-order valence-corrected chi connectivity index (χ1v) is 8.61. The molecule has 27 heavy (non-hydrogen) atoms. The minimum atomic E-state index is -1.11. The number of pyridine rings is 2. The molecule has 0 aliphatic carbocycles. The van der Waals surface area contributed by atoms with Gasteiger partial charge in [-0.1, -0.05) is 29.3 Å². The molecule has 3 rings (SSSR count). The van der Waals surface area contributed by atoms with Gasteiger partial charge in [0, 0.05) is 24.1 Å². The molecule has 7 nitrogen and oxygen atoms in total. The largest absolute Gasteiger partial charge is 0.357 e. The number of halogens is 2. The molecule has 0 saturated carbocycles. The topological polar surface area (TPSA) is 99.2 Å². The van der Waals surface area contributed by atoms with Crippen LogP contribution in [0.15, 0.2) is 61.1 Å². The second-order valence-electron chi connectivity index (χ2n) is 5.41. The van der Waals surface area contributed by atoms with Gasteiger partial charge in [0.05, 0.1) is 27.5 Å². The number of nitrogens with one attached hydrogen (secondary N) is 3. The molecule has 0 spiro atoms. The molecule has 0 bridgehead atoms. The Hall–Kier alpha value is -2.87. The van der Waals surface area contributed by atoms with Crippen molar-refractivity contribution < 1.29 is 9.90 Å². The Bertz CT molecular complexity index is 920. The van der Waals surface area contributed by atoms with Crippen LogP contribution in [0, 0.1) is 0 Å². The molecule has 138 valence electrons. The molecule has 0 radical (unpaired) electrons. The summed E-state index contributed by atoms with van der Waals surface area (Å²) >= 11 is 12.1. The van der Waals surface area contributed by atoms with E-state index in [1.54, 1.807) is 54.9 Å². The zero-order valence-corrected chi connectivity index (χ0v) is 15.4. The summed E-state index contributed by atoms with van der Waals surface area (Å²) < 4.78 is 0. The number of amides is 1. The third kappa shape index (κ3) is 5.07. The average Bonchev–Trinajstić information content (AvgIpc) is 2.62. The second kappa shape index (κ2) is 8.68. The van der Waals surface area contributed by atoms with Crippen molar-refractivity contribution in [2.75, 3.05) is 16.0 Å². The Kier molecular flexibility index (Phi) is 6.08. The van der Waals surface area contributed by atoms with Gasteiger partial charge in [-0.05, 0) is 30.3 Å². The van der Waals surface area contributed by atoms with Gasteiger partial charge >= 0.3 is 0 Å². The summed E-state index contributed by atoms with van der Waals surface area (Å²) in [6.45, 7) is 0. The number of anilines is 3. The normalized spacial score (nSPS) is 11.5. The van der Waals surface area contributed by atoms with Gasteiger partial charge in [0.1, 0.15) is 5.82 Å². The van der Waals surface area contributed by atoms with Crippen molar-refractivity contribution in [2.45, 2.75) is 6.35 Å². The van der Waals surface area contributed by atoms with E-state index in [9.17, 15) is 9.90 Å². The molecule has 1 aromatic carbocycles. The first-order valence-electron chi connectivity index (χ1n) is 7.85. The fourth-order valence-corrected chi connectivity index (χ4v) is 2.85. The zero-order chi connectivity index (χ0) is 19.2. The summed E-state index contributed by atoms with van der Waals surface area (Å²) in [4.78, 5) is 20.5. The third-order valence-electron chi connectivity index (χ3n) is 3.46. The highest BCUT2D eigenvalue weighted by atomic mass is 35.5. The Morgan fingerprint density at radius 3 is 2.48 bits per heavy atom. The first kappa shape index (κ1) is 18.9. The van der Waals surface area contributed by atoms with E-state index in [-0.39, 0.29) is 15.6 Å². The highest BCUT2D eigenvalue weighted by Crippen LogP contribution is 2.25. The lowest BCUT2D eigenvalue weighted by molar-refractivity contribution is 0.102. The summed E-state index contributed by atoms with van der Waals surface area (Å²) in [5.41, 5.74) is 1.28. The number of aliphatic hydroxyl groups excluding tert-OH is 1. The molecular weight excluding hydrogens is 389 g/mol. The number of aromatic nitrogens is 2. The van der Waals surface area contributed by atoms with Crippen molar-refractivity contribution in [3.63, 3.8) is 0 Å². The molecule has 1 unspecified atom stereocenters. The molecule has 2 heterocycles. The van der Waals surface area contributed by atoms with E-state index in [1.165, 1.54) is 6.20 Å². The molecule has 0 saturated heterocycles. The van der Waals surface area contributed by atoms with Crippen molar-refractivity contribution in [3.8, 4) is 0 Å². The standard InChI is InChI=1S/C18H15Cl2N5O2/c19-13-4-1-5-14(20)16(13)17(26)23-11-6-8-22-15(9-11)25-18(27)24-12-3-2-7-21-10-12/h1-10,18,24,27H,(H2,22,23,25,26). The molecule has 0 aliphatic heterocycles. The van der Waals surface area contributed by atoms with E-state index in [1.807, 2.05) is 0 Å². The molecule has 4 N–H and O–H groups in total. The lowest BCUT2D eigenvalue weighted by atomic mass is 10.2. The summed E-state index contributed by atoms with van der Waals surface area (Å²) in [7, 11) is 0. The van der Waals surface area contributed by atoms with E-state index in [4.69, 9.17) is 23.2 Å². The molecule has 2 aromatic heterocycles. The predicted molar refractivity (Wildman–Crippen MR) is 106 cm³/mol. The van der Waals surface area contributed by atoms with Gasteiger partial charge in [-0.2, -0.15) is 0 Å². The molecule has 1 amide bonds. The van der Waals surface area contributed by atoms with Crippen molar-refractivity contribution in [2.24, 2.45) is 0 Å². The first-order chi connectivity index (χ1) is 13.0.